The lowest BCUT2D eigenvalue weighted by Crippen LogP contribution is -2.21. The molecule has 0 bridgehead atoms. The van der Waals surface area contributed by atoms with Crippen molar-refractivity contribution < 1.29 is 13.2 Å². The number of carbonyl (C=O) groups is 1. The predicted octanol–water partition coefficient (Wildman–Crippen LogP) is 0.885. The van der Waals surface area contributed by atoms with Gasteiger partial charge < -0.3 is 4.90 Å². The van der Waals surface area contributed by atoms with Crippen molar-refractivity contribution in [2.45, 2.75) is 13.3 Å². The Morgan fingerprint density at radius 2 is 2.00 bits per heavy atom. The van der Waals surface area contributed by atoms with E-state index in [2.05, 4.69) is 4.72 Å². The van der Waals surface area contributed by atoms with Gasteiger partial charge in [0.1, 0.15) is 0 Å². The van der Waals surface area contributed by atoms with Gasteiger partial charge in [-0.1, -0.05) is 0 Å². The van der Waals surface area contributed by atoms with E-state index >= 15 is 0 Å². The van der Waals surface area contributed by atoms with Gasteiger partial charge in [0, 0.05) is 12.7 Å². The largest absolute Gasteiger partial charge is 0.315 e. The molecule has 2 rings (SSSR count). The maximum Gasteiger partial charge on any atom is 0.231 e. The van der Waals surface area contributed by atoms with Gasteiger partial charge in [0.2, 0.25) is 15.9 Å². The highest BCUT2D eigenvalue weighted by atomic mass is 32.2. The molecule has 17 heavy (non-hydrogen) atoms. The summed E-state index contributed by atoms with van der Waals surface area (Å²) in [7, 11) is -1.56. The zero-order valence-corrected chi connectivity index (χ0v) is 10.8. The molecule has 0 atom stereocenters. The summed E-state index contributed by atoms with van der Waals surface area (Å²) in [5, 5.41) is 0. The summed E-state index contributed by atoms with van der Waals surface area (Å²) in [4.78, 5) is 13.2. The average molecular weight is 254 g/mol. The first-order chi connectivity index (χ1) is 7.78. The maximum absolute atomic E-state index is 11.6. The van der Waals surface area contributed by atoms with Gasteiger partial charge in [0.25, 0.3) is 0 Å². The molecule has 0 radical (unpaired) electrons. The molecule has 0 saturated heterocycles. The molecule has 6 heteroatoms. The monoisotopic (exact) mass is 254 g/mol. The number of nitrogens with zero attached hydrogens (tertiary/aromatic N) is 1. The fraction of sp³-hybridized carbons (Fsp3) is 0.364. The van der Waals surface area contributed by atoms with Crippen molar-refractivity contribution in [1.82, 2.24) is 0 Å². The lowest BCUT2D eigenvalue weighted by atomic mass is 10.1. The Kier molecular flexibility index (Phi) is 2.61. The number of rotatable bonds is 2. The van der Waals surface area contributed by atoms with Crippen molar-refractivity contribution in [3.63, 3.8) is 0 Å². The highest BCUT2D eigenvalue weighted by molar-refractivity contribution is 7.92. The molecule has 0 fully saturated rings. The van der Waals surface area contributed by atoms with Gasteiger partial charge in [0.15, 0.2) is 0 Å². The van der Waals surface area contributed by atoms with E-state index in [1.165, 1.54) is 0 Å². The molecule has 1 aliphatic heterocycles. The molecule has 0 aliphatic carbocycles. The number of benzene rings is 1. The first-order valence-electron chi connectivity index (χ1n) is 5.16. The van der Waals surface area contributed by atoms with Crippen LogP contribution in [0.2, 0.25) is 0 Å². The molecule has 92 valence electrons. The number of fused-ring (bicyclic) bond motifs is 1. The second kappa shape index (κ2) is 3.73. The highest BCUT2D eigenvalue weighted by Crippen LogP contribution is 2.33. The van der Waals surface area contributed by atoms with Crippen LogP contribution in [0.15, 0.2) is 12.1 Å². The van der Waals surface area contributed by atoms with E-state index in [1.807, 2.05) is 6.92 Å². The lowest BCUT2D eigenvalue weighted by molar-refractivity contribution is -0.117. The summed E-state index contributed by atoms with van der Waals surface area (Å²) in [5.74, 6) is 0.0274. The molecule has 1 N–H and O–H groups in total. The fourth-order valence-corrected chi connectivity index (χ4v) is 2.69. The van der Waals surface area contributed by atoms with Gasteiger partial charge in [0.05, 0.1) is 18.4 Å². The minimum Gasteiger partial charge on any atom is -0.315 e. The zero-order valence-electron chi connectivity index (χ0n) is 9.94. The number of sulfonamides is 1. The summed E-state index contributed by atoms with van der Waals surface area (Å²) in [5.41, 5.74) is 3.14. The third-order valence-corrected chi connectivity index (χ3v) is 3.34. The second-order valence-electron chi connectivity index (χ2n) is 4.30. The normalized spacial score (nSPS) is 15.0. The molecule has 0 unspecified atom stereocenters. The van der Waals surface area contributed by atoms with E-state index in [4.69, 9.17) is 0 Å². The molecule has 1 amide bonds. The summed E-state index contributed by atoms with van der Waals surface area (Å²) >= 11 is 0. The van der Waals surface area contributed by atoms with Gasteiger partial charge in [-0.05, 0) is 30.2 Å². The van der Waals surface area contributed by atoms with Gasteiger partial charge in [-0.15, -0.1) is 0 Å². The van der Waals surface area contributed by atoms with Crippen LogP contribution in [0.4, 0.5) is 11.4 Å². The van der Waals surface area contributed by atoms with Crippen molar-refractivity contribution in [3.05, 3.63) is 23.3 Å². The lowest BCUT2D eigenvalue weighted by Gasteiger charge is -2.14. The summed E-state index contributed by atoms with van der Waals surface area (Å²) in [6, 6.07) is 3.44. The van der Waals surface area contributed by atoms with Crippen molar-refractivity contribution in [1.29, 1.82) is 0 Å². The number of anilines is 2. The number of carbonyl (C=O) groups excluding carboxylic acids is 1. The van der Waals surface area contributed by atoms with Gasteiger partial charge >= 0.3 is 0 Å². The Bertz CT molecular complexity index is 593. The third kappa shape index (κ3) is 2.26. The van der Waals surface area contributed by atoms with Crippen molar-refractivity contribution in [3.8, 4) is 0 Å². The second-order valence-corrected chi connectivity index (χ2v) is 6.05. The van der Waals surface area contributed by atoms with Crippen LogP contribution in [0, 0.1) is 6.92 Å². The number of hydrogen-bond acceptors (Lipinski definition) is 3. The van der Waals surface area contributed by atoms with Crippen LogP contribution in [0.25, 0.3) is 0 Å². The van der Waals surface area contributed by atoms with Gasteiger partial charge in [-0.3, -0.25) is 9.52 Å². The molecule has 1 aromatic carbocycles. The van der Waals surface area contributed by atoms with Crippen molar-refractivity contribution in [2.75, 3.05) is 22.9 Å². The Hall–Kier alpha value is -1.56. The summed E-state index contributed by atoms with van der Waals surface area (Å²) in [6.07, 6.45) is 1.43. The molecule has 5 nitrogen and oxygen atoms in total. The zero-order chi connectivity index (χ0) is 12.8. The Labute approximate surface area is 100 Å². The summed E-state index contributed by atoms with van der Waals surface area (Å²) in [6.45, 7) is 1.86. The number of likely N-dealkylation sites (N-methyl/N-ethyl adjacent to an activating group) is 1. The number of nitrogens with one attached hydrogen (secondary N) is 1. The Morgan fingerprint density at radius 3 is 2.59 bits per heavy atom. The molecular weight excluding hydrogens is 240 g/mol. The Morgan fingerprint density at radius 1 is 1.35 bits per heavy atom. The molecule has 1 aliphatic rings. The first kappa shape index (κ1) is 11.9. The molecule has 0 spiro atoms. The molecule has 1 aromatic rings. The van der Waals surface area contributed by atoms with Crippen LogP contribution in [0.5, 0.6) is 0 Å². The predicted molar refractivity (Wildman–Crippen MR) is 66.8 cm³/mol. The van der Waals surface area contributed by atoms with Crippen LogP contribution in [-0.4, -0.2) is 27.6 Å². The Balaban J connectivity index is 2.47. The van der Waals surface area contributed by atoms with Crippen LogP contribution in [0.3, 0.4) is 0 Å². The first-order valence-corrected chi connectivity index (χ1v) is 7.05. The SMILES string of the molecule is Cc1cc(NS(C)(=O)=O)cc2c1N(C)C(=O)C2. The topological polar surface area (TPSA) is 66.5 Å². The molecule has 1 heterocycles. The molecular formula is C11H14N2O3S. The van der Waals surface area contributed by atoms with E-state index in [0.717, 1.165) is 23.1 Å². The van der Waals surface area contributed by atoms with E-state index in [0.29, 0.717) is 12.1 Å². The smallest absolute Gasteiger partial charge is 0.231 e. The van der Waals surface area contributed by atoms with Crippen LogP contribution in [-0.2, 0) is 21.2 Å². The van der Waals surface area contributed by atoms with Gasteiger partial charge in [-0.25, -0.2) is 8.42 Å². The number of hydrogen-bond donors (Lipinski definition) is 1. The minimum atomic E-state index is -3.29. The van der Waals surface area contributed by atoms with Crippen molar-refractivity contribution in [2.24, 2.45) is 0 Å². The number of aryl methyl sites for hydroxylation is 1. The minimum absolute atomic E-state index is 0.0274. The van der Waals surface area contributed by atoms with E-state index in [-0.39, 0.29) is 5.91 Å². The third-order valence-electron chi connectivity index (χ3n) is 2.73. The molecule has 0 aromatic heterocycles. The maximum atomic E-state index is 11.6. The van der Waals surface area contributed by atoms with Crippen LogP contribution >= 0.6 is 0 Å². The van der Waals surface area contributed by atoms with Gasteiger partial charge in [-0.2, -0.15) is 0 Å². The average Bonchev–Trinajstić information content (AvgIpc) is 2.39. The van der Waals surface area contributed by atoms with E-state index < -0.39 is 10.0 Å². The van der Waals surface area contributed by atoms with E-state index in [1.54, 1.807) is 24.1 Å². The quantitative estimate of drug-likeness (QED) is 0.852. The highest BCUT2D eigenvalue weighted by Gasteiger charge is 2.26. The van der Waals surface area contributed by atoms with Crippen LogP contribution in [0.1, 0.15) is 11.1 Å². The van der Waals surface area contributed by atoms with Crippen LogP contribution < -0.4 is 9.62 Å². The molecule has 0 saturated carbocycles. The standard InChI is InChI=1S/C11H14N2O3S/c1-7-4-9(12-17(3,15)16)5-8-6-10(14)13(2)11(7)8/h4-5,12H,6H2,1-3H3. The van der Waals surface area contributed by atoms with E-state index in [9.17, 15) is 13.2 Å². The summed E-state index contributed by atoms with van der Waals surface area (Å²) < 4.78 is 24.7. The number of amides is 1. The fourth-order valence-electron chi connectivity index (χ4n) is 2.15. The van der Waals surface area contributed by atoms with Crippen molar-refractivity contribution >= 4 is 27.3 Å².